The summed E-state index contributed by atoms with van der Waals surface area (Å²) in [4.78, 5) is 14.1. The maximum absolute atomic E-state index is 13.0. The van der Waals surface area contributed by atoms with E-state index >= 15 is 0 Å². The van der Waals surface area contributed by atoms with Gasteiger partial charge < -0.3 is 4.90 Å². The third-order valence-corrected chi connectivity index (χ3v) is 4.89. The normalized spacial score (nSPS) is 18.2. The Labute approximate surface area is 154 Å². The highest BCUT2D eigenvalue weighted by Gasteiger charge is 2.43. The van der Waals surface area contributed by atoms with E-state index in [-0.39, 0.29) is 13.0 Å². The third kappa shape index (κ3) is 3.72. The minimum atomic E-state index is -4.28. The van der Waals surface area contributed by atoms with Gasteiger partial charge >= 0.3 is 6.18 Å². The molecule has 1 fully saturated rings. The SMILES string of the molecule is CCc1c(C(=O)N2CCC[C@H](C(F)(F)F)C2)cnn1-c1cccc(Cl)c1. The van der Waals surface area contributed by atoms with Crippen LogP contribution in [0.25, 0.3) is 5.69 Å². The topological polar surface area (TPSA) is 38.1 Å². The van der Waals surface area contributed by atoms with Gasteiger partial charge in [-0.2, -0.15) is 18.3 Å². The van der Waals surface area contributed by atoms with Gasteiger partial charge in [0.2, 0.25) is 0 Å². The van der Waals surface area contributed by atoms with Gasteiger partial charge in [0.05, 0.1) is 29.1 Å². The number of piperidine rings is 1. The number of rotatable bonds is 3. The van der Waals surface area contributed by atoms with Gasteiger partial charge in [0.25, 0.3) is 5.91 Å². The minimum absolute atomic E-state index is 0.0652. The molecule has 1 aliphatic rings. The average Bonchev–Trinajstić information content (AvgIpc) is 3.04. The van der Waals surface area contributed by atoms with E-state index in [0.717, 1.165) is 0 Å². The molecular formula is C18H19ClF3N3O. The number of halogens is 4. The van der Waals surface area contributed by atoms with E-state index in [1.807, 2.05) is 13.0 Å². The van der Waals surface area contributed by atoms with Crippen LogP contribution in [0.4, 0.5) is 13.2 Å². The molecule has 0 saturated carbocycles. The van der Waals surface area contributed by atoms with Crippen molar-refractivity contribution in [2.45, 2.75) is 32.4 Å². The van der Waals surface area contributed by atoms with Crippen molar-refractivity contribution in [3.63, 3.8) is 0 Å². The van der Waals surface area contributed by atoms with Crippen LogP contribution in [0.5, 0.6) is 0 Å². The van der Waals surface area contributed by atoms with Crippen molar-refractivity contribution in [3.05, 3.63) is 46.7 Å². The Bertz CT molecular complexity index is 803. The molecule has 3 rings (SSSR count). The van der Waals surface area contributed by atoms with Crippen molar-refractivity contribution in [2.75, 3.05) is 13.1 Å². The van der Waals surface area contributed by atoms with E-state index in [0.29, 0.717) is 41.4 Å². The van der Waals surface area contributed by atoms with Gasteiger partial charge in [-0.25, -0.2) is 4.68 Å². The van der Waals surface area contributed by atoms with Gasteiger partial charge in [0.1, 0.15) is 0 Å². The predicted molar refractivity (Wildman–Crippen MR) is 92.6 cm³/mol. The zero-order chi connectivity index (χ0) is 18.9. The molecule has 1 saturated heterocycles. The number of nitrogens with zero attached hydrogens (tertiary/aromatic N) is 3. The maximum Gasteiger partial charge on any atom is 0.393 e. The summed E-state index contributed by atoms with van der Waals surface area (Å²) in [5, 5.41) is 4.81. The molecule has 8 heteroatoms. The Kier molecular flexibility index (Phi) is 5.27. The Balaban J connectivity index is 1.88. The maximum atomic E-state index is 13.0. The van der Waals surface area contributed by atoms with Crippen molar-refractivity contribution in [3.8, 4) is 5.69 Å². The summed E-state index contributed by atoms with van der Waals surface area (Å²) in [7, 11) is 0. The van der Waals surface area contributed by atoms with Gasteiger partial charge in [-0.3, -0.25) is 4.79 Å². The highest BCUT2D eigenvalue weighted by molar-refractivity contribution is 6.30. The molecule has 2 aromatic rings. The Morgan fingerprint density at radius 3 is 2.81 bits per heavy atom. The quantitative estimate of drug-likeness (QED) is 0.780. The number of hydrogen-bond acceptors (Lipinski definition) is 2. The van der Waals surface area contributed by atoms with Crippen LogP contribution in [-0.2, 0) is 6.42 Å². The van der Waals surface area contributed by atoms with E-state index in [1.165, 1.54) is 11.1 Å². The van der Waals surface area contributed by atoms with Crippen LogP contribution in [0.3, 0.4) is 0 Å². The monoisotopic (exact) mass is 385 g/mol. The van der Waals surface area contributed by atoms with E-state index < -0.39 is 18.0 Å². The first-order valence-electron chi connectivity index (χ1n) is 8.50. The molecule has 0 aliphatic carbocycles. The van der Waals surface area contributed by atoms with Crippen molar-refractivity contribution in [1.29, 1.82) is 0 Å². The molecule has 0 N–H and O–H groups in total. The molecule has 0 unspecified atom stereocenters. The number of alkyl halides is 3. The molecule has 26 heavy (non-hydrogen) atoms. The van der Waals surface area contributed by atoms with Gasteiger partial charge in [-0.05, 0) is 37.5 Å². The summed E-state index contributed by atoms with van der Waals surface area (Å²) in [6.45, 7) is 1.91. The van der Waals surface area contributed by atoms with Crippen molar-refractivity contribution >= 4 is 17.5 Å². The Morgan fingerprint density at radius 1 is 1.38 bits per heavy atom. The number of likely N-dealkylation sites (tertiary alicyclic amines) is 1. The fraction of sp³-hybridized carbons (Fsp3) is 0.444. The molecule has 0 radical (unpaired) electrons. The van der Waals surface area contributed by atoms with Gasteiger partial charge in [-0.1, -0.05) is 24.6 Å². The lowest BCUT2D eigenvalue weighted by atomic mass is 9.97. The molecule has 2 heterocycles. The summed E-state index contributed by atoms with van der Waals surface area (Å²) in [6, 6.07) is 7.05. The van der Waals surface area contributed by atoms with Crippen LogP contribution in [0.15, 0.2) is 30.5 Å². The number of benzene rings is 1. The number of amides is 1. The number of hydrogen-bond donors (Lipinski definition) is 0. The molecule has 1 atom stereocenters. The molecule has 4 nitrogen and oxygen atoms in total. The Hall–Kier alpha value is -2.02. The zero-order valence-corrected chi connectivity index (χ0v) is 15.0. The van der Waals surface area contributed by atoms with E-state index in [1.54, 1.807) is 22.9 Å². The van der Waals surface area contributed by atoms with E-state index in [2.05, 4.69) is 5.10 Å². The first-order valence-corrected chi connectivity index (χ1v) is 8.88. The van der Waals surface area contributed by atoms with Crippen LogP contribution >= 0.6 is 11.6 Å². The van der Waals surface area contributed by atoms with Crippen LogP contribution in [0.2, 0.25) is 5.02 Å². The van der Waals surface area contributed by atoms with Crippen molar-refractivity contribution < 1.29 is 18.0 Å². The van der Waals surface area contributed by atoms with Crippen LogP contribution in [-0.4, -0.2) is 39.9 Å². The number of carbonyl (C=O) groups is 1. The smallest absolute Gasteiger partial charge is 0.338 e. The standard InChI is InChI=1S/C18H19ClF3N3O/c1-2-16-15(10-23-25(16)14-7-3-6-13(19)9-14)17(26)24-8-4-5-12(11-24)18(20,21)22/h3,6-7,9-10,12H,2,4-5,8,11H2,1H3/t12-/m0/s1. The van der Waals surface area contributed by atoms with Crippen LogP contribution in [0, 0.1) is 5.92 Å². The lowest BCUT2D eigenvalue weighted by Gasteiger charge is -2.33. The van der Waals surface area contributed by atoms with Crippen molar-refractivity contribution in [2.24, 2.45) is 5.92 Å². The molecule has 0 spiro atoms. The number of carbonyl (C=O) groups excluding carboxylic acids is 1. The fourth-order valence-electron chi connectivity index (χ4n) is 3.32. The van der Waals surface area contributed by atoms with E-state index in [4.69, 9.17) is 11.6 Å². The second-order valence-electron chi connectivity index (χ2n) is 6.38. The molecule has 140 valence electrons. The first-order chi connectivity index (χ1) is 12.3. The lowest BCUT2D eigenvalue weighted by molar-refractivity contribution is -0.184. The average molecular weight is 386 g/mol. The highest BCUT2D eigenvalue weighted by atomic mass is 35.5. The fourth-order valence-corrected chi connectivity index (χ4v) is 3.51. The molecule has 1 aliphatic heterocycles. The molecule has 1 aromatic carbocycles. The molecule has 1 aromatic heterocycles. The van der Waals surface area contributed by atoms with Crippen LogP contribution < -0.4 is 0 Å². The van der Waals surface area contributed by atoms with Crippen LogP contribution in [0.1, 0.15) is 35.8 Å². The predicted octanol–water partition coefficient (Wildman–Crippen LogP) is 4.50. The Morgan fingerprint density at radius 2 is 2.15 bits per heavy atom. The van der Waals surface area contributed by atoms with Gasteiger partial charge in [-0.15, -0.1) is 0 Å². The molecule has 0 bridgehead atoms. The molecule has 1 amide bonds. The minimum Gasteiger partial charge on any atom is -0.338 e. The summed E-state index contributed by atoms with van der Waals surface area (Å²) in [6.07, 6.45) is -1.92. The van der Waals surface area contributed by atoms with E-state index in [9.17, 15) is 18.0 Å². The van der Waals surface area contributed by atoms with Gasteiger partial charge in [0, 0.05) is 18.1 Å². The number of aromatic nitrogens is 2. The molecular weight excluding hydrogens is 367 g/mol. The lowest BCUT2D eigenvalue weighted by Crippen LogP contribution is -2.44. The van der Waals surface area contributed by atoms with Gasteiger partial charge in [0.15, 0.2) is 0 Å². The second-order valence-corrected chi connectivity index (χ2v) is 6.82. The summed E-state index contributed by atoms with van der Waals surface area (Å²) in [5.41, 5.74) is 1.71. The van der Waals surface area contributed by atoms with Crippen molar-refractivity contribution in [1.82, 2.24) is 14.7 Å². The highest BCUT2D eigenvalue weighted by Crippen LogP contribution is 2.33. The summed E-state index contributed by atoms with van der Waals surface area (Å²) >= 11 is 6.02. The summed E-state index contributed by atoms with van der Waals surface area (Å²) in [5.74, 6) is -1.86. The summed E-state index contributed by atoms with van der Waals surface area (Å²) < 4.78 is 40.7. The second kappa shape index (κ2) is 7.31. The first kappa shape index (κ1) is 18.8. The zero-order valence-electron chi connectivity index (χ0n) is 14.3. The third-order valence-electron chi connectivity index (χ3n) is 4.66. The largest absolute Gasteiger partial charge is 0.393 e.